The molecule has 29 heavy (non-hydrogen) atoms. The minimum absolute atomic E-state index is 0.137. The normalized spacial score (nSPS) is 28.3. The van der Waals surface area contributed by atoms with E-state index < -0.39 is 0 Å². The second-order valence-electron chi connectivity index (χ2n) is 8.27. The molecule has 2 aromatic heterocycles. The fraction of sp³-hybridized carbons (Fsp3) is 0.550. The maximum Gasteiger partial charge on any atom is 0.176 e. The Hall–Kier alpha value is -2.41. The van der Waals surface area contributed by atoms with Crippen molar-refractivity contribution in [3.63, 3.8) is 0 Å². The Bertz CT molecular complexity index is 1020. The maximum atomic E-state index is 8.81. The lowest BCUT2D eigenvalue weighted by molar-refractivity contribution is 0.299. The summed E-state index contributed by atoms with van der Waals surface area (Å²) in [6.45, 7) is 5.17. The van der Waals surface area contributed by atoms with E-state index in [1.807, 2.05) is 13.0 Å². The van der Waals surface area contributed by atoms with Gasteiger partial charge in [-0.3, -0.25) is 10.4 Å². The van der Waals surface area contributed by atoms with Gasteiger partial charge in [0.2, 0.25) is 0 Å². The summed E-state index contributed by atoms with van der Waals surface area (Å²) in [5.41, 5.74) is 1.02. The van der Waals surface area contributed by atoms with Crippen molar-refractivity contribution in [2.75, 3.05) is 25.0 Å². The number of fused-ring (bicyclic) bond motifs is 2. The molecular formula is C20H26N8S. The predicted octanol–water partition coefficient (Wildman–Crippen LogP) is 0.678. The van der Waals surface area contributed by atoms with Crippen molar-refractivity contribution in [2.45, 2.75) is 38.5 Å². The third-order valence-electron chi connectivity index (χ3n) is 6.16. The third-order valence-corrected chi connectivity index (χ3v) is 6.98. The van der Waals surface area contributed by atoms with Gasteiger partial charge in [0.05, 0.1) is 11.3 Å². The van der Waals surface area contributed by atoms with Gasteiger partial charge < -0.3 is 15.5 Å². The maximum absolute atomic E-state index is 8.81. The standard InChI is InChI=1S/C20H26N8S/c1-12-7-17(27-26-12)23-18-16-3-6-29-19(16)25-20(24-18)22-15-8-13-10-28(5-2-4-21)11-14(13)9-15/h3,6-7,13-15,20,22,24H,2,5,8-11H2,1H3,(H2,23,26,27)/t13-,14+,15-,20?. The van der Waals surface area contributed by atoms with Crippen molar-refractivity contribution in [3.8, 4) is 6.07 Å². The lowest BCUT2D eigenvalue weighted by Gasteiger charge is -2.26. The number of thiophene rings is 1. The van der Waals surface area contributed by atoms with E-state index >= 15 is 0 Å². The highest BCUT2D eigenvalue weighted by atomic mass is 32.1. The smallest absolute Gasteiger partial charge is 0.176 e. The summed E-state index contributed by atoms with van der Waals surface area (Å²) in [5.74, 6) is 3.22. The first-order chi connectivity index (χ1) is 14.2. The predicted molar refractivity (Wildman–Crippen MR) is 112 cm³/mol. The number of likely N-dealkylation sites (tertiary alicyclic amines) is 1. The van der Waals surface area contributed by atoms with Gasteiger partial charge in [0.25, 0.3) is 0 Å². The van der Waals surface area contributed by atoms with Gasteiger partial charge in [-0.1, -0.05) is 0 Å². The van der Waals surface area contributed by atoms with E-state index in [4.69, 9.17) is 10.3 Å². The monoisotopic (exact) mass is 410 g/mol. The Morgan fingerprint density at radius 3 is 2.90 bits per heavy atom. The Labute approximate surface area is 173 Å². The third kappa shape index (κ3) is 3.88. The zero-order valence-electron chi connectivity index (χ0n) is 16.5. The van der Waals surface area contributed by atoms with Crippen LogP contribution in [0.15, 0.2) is 22.5 Å². The molecule has 0 aromatic carbocycles. The molecule has 4 atom stereocenters. The van der Waals surface area contributed by atoms with Crippen LogP contribution in [-0.4, -0.2) is 47.1 Å². The van der Waals surface area contributed by atoms with Crippen LogP contribution in [0.3, 0.4) is 0 Å². The van der Waals surface area contributed by atoms with Crippen LogP contribution in [0.2, 0.25) is 0 Å². The molecule has 8 nitrogen and oxygen atoms in total. The fourth-order valence-corrected chi connectivity index (χ4v) is 5.69. The molecular weight excluding hydrogens is 384 g/mol. The van der Waals surface area contributed by atoms with Gasteiger partial charge in [-0.2, -0.15) is 10.4 Å². The number of nitrogens with zero attached hydrogens (tertiary/aromatic N) is 4. The zero-order valence-corrected chi connectivity index (χ0v) is 17.3. The van der Waals surface area contributed by atoms with E-state index in [0.717, 1.165) is 58.7 Å². The number of aromatic amines is 1. The first-order valence-corrected chi connectivity index (χ1v) is 11.1. The minimum atomic E-state index is -0.137. The van der Waals surface area contributed by atoms with Crippen LogP contribution in [0.5, 0.6) is 0 Å². The van der Waals surface area contributed by atoms with Crippen molar-refractivity contribution < 1.29 is 0 Å². The van der Waals surface area contributed by atoms with E-state index in [1.54, 1.807) is 11.3 Å². The SMILES string of the molecule is Cc1cc(NC2=c3ccsc3=NC(N[C@@H]3C[C@@H]4CN(CCC#N)C[C@@H]4C3)N2)n[nH]1. The number of H-pyrrole nitrogens is 1. The van der Waals surface area contributed by atoms with E-state index in [-0.39, 0.29) is 6.29 Å². The van der Waals surface area contributed by atoms with Crippen molar-refractivity contribution in [2.24, 2.45) is 16.8 Å². The number of nitriles is 1. The number of hydrogen-bond donors (Lipinski definition) is 4. The first kappa shape index (κ1) is 18.6. The van der Waals surface area contributed by atoms with Crippen molar-refractivity contribution in [1.29, 1.82) is 5.26 Å². The molecule has 5 rings (SSSR count). The van der Waals surface area contributed by atoms with Crippen LogP contribution in [0.25, 0.3) is 5.82 Å². The van der Waals surface area contributed by atoms with Crippen LogP contribution in [0.1, 0.15) is 25.0 Å². The average Bonchev–Trinajstić information content (AvgIpc) is 3.44. The summed E-state index contributed by atoms with van der Waals surface area (Å²) in [5, 5.41) is 29.9. The highest BCUT2D eigenvalue weighted by Crippen LogP contribution is 2.38. The molecule has 1 unspecified atom stereocenters. The number of anilines is 1. The molecule has 0 spiro atoms. The van der Waals surface area contributed by atoms with Crippen molar-refractivity contribution >= 4 is 23.0 Å². The molecule has 0 bridgehead atoms. The zero-order chi connectivity index (χ0) is 19.8. The van der Waals surface area contributed by atoms with Crippen LogP contribution < -0.4 is 25.8 Å². The molecule has 0 amide bonds. The summed E-state index contributed by atoms with van der Waals surface area (Å²) in [7, 11) is 0. The lowest BCUT2D eigenvalue weighted by Crippen LogP contribution is -2.52. The molecule has 2 aliphatic heterocycles. The highest BCUT2D eigenvalue weighted by Gasteiger charge is 2.41. The summed E-state index contributed by atoms with van der Waals surface area (Å²) < 4.78 is 1.04. The topological polar surface area (TPSA) is 104 Å². The van der Waals surface area contributed by atoms with Gasteiger partial charge in [0.15, 0.2) is 12.1 Å². The second kappa shape index (κ2) is 7.78. The molecule has 4 N–H and O–H groups in total. The van der Waals surface area contributed by atoms with Crippen LogP contribution in [0.4, 0.5) is 5.82 Å². The Morgan fingerprint density at radius 1 is 1.34 bits per heavy atom. The molecule has 2 aromatic rings. The van der Waals surface area contributed by atoms with Gasteiger partial charge in [-0.15, -0.1) is 11.3 Å². The fourth-order valence-electron chi connectivity index (χ4n) is 4.90. The van der Waals surface area contributed by atoms with E-state index in [9.17, 15) is 0 Å². The van der Waals surface area contributed by atoms with Crippen LogP contribution in [0, 0.1) is 30.1 Å². The van der Waals surface area contributed by atoms with Gasteiger partial charge in [-0.05, 0) is 43.0 Å². The van der Waals surface area contributed by atoms with Crippen LogP contribution >= 0.6 is 11.3 Å². The number of aryl methyl sites for hydroxylation is 1. The average molecular weight is 411 g/mol. The Kier molecular flexibility index (Phi) is 4.99. The van der Waals surface area contributed by atoms with E-state index in [2.05, 4.69) is 48.6 Å². The number of aromatic nitrogens is 2. The van der Waals surface area contributed by atoms with Gasteiger partial charge in [0, 0.05) is 43.9 Å². The Morgan fingerprint density at radius 2 is 2.17 bits per heavy atom. The van der Waals surface area contributed by atoms with E-state index in [0.29, 0.717) is 12.5 Å². The molecule has 4 heterocycles. The lowest BCUT2D eigenvalue weighted by atomic mass is 10.0. The molecule has 2 fully saturated rings. The number of rotatable bonds is 6. The molecule has 9 heteroatoms. The quantitative estimate of drug-likeness (QED) is 0.558. The van der Waals surface area contributed by atoms with E-state index in [1.165, 1.54) is 12.8 Å². The number of nitrogens with one attached hydrogen (secondary N) is 4. The summed E-state index contributed by atoms with van der Waals surface area (Å²) in [6, 6.07) is 6.81. The highest BCUT2D eigenvalue weighted by molar-refractivity contribution is 7.07. The van der Waals surface area contributed by atoms with Crippen molar-refractivity contribution in [1.82, 2.24) is 25.7 Å². The molecule has 152 valence electrons. The number of hydrogen-bond acceptors (Lipinski definition) is 8. The van der Waals surface area contributed by atoms with Crippen molar-refractivity contribution in [3.05, 3.63) is 33.1 Å². The molecule has 1 aliphatic carbocycles. The summed E-state index contributed by atoms with van der Waals surface area (Å²) in [4.78, 5) is 7.33. The molecule has 0 radical (unpaired) electrons. The molecule has 1 saturated carbocycles. The van der Waals surface area contributed by atoms with Crippen LogP contribution in [-0.2, 0) is 0 Å². The largest absolute Gasteiger partial charge is 0.337 e. The second-order valence-corrected chi connectivity index (χ2v) is 9.17. The first-order valence-electron chi connectivity index (χ1n) is 10.2. The summed E-state index contributed by atoms with van der Waals surface area (Å²) >= 11 is 1.66. The van der Waals surface area contributed by atoms with Gasteiger partial charge in [-0.25, -0.2) is 4.99 Å². The summed E-state index contributed by atoms with van der Waals surface area (Å²) in [6.07, 6.45) is 2.86. The van der Waals surface area contributed by atoms with Gasteiger partial charge >= 0.3 is 0 Å². The van der Waals surface area contributed by atoms with Gasteiger partial charge in [0.1, 0.15) is 10.5 Å². The molecule has 3 aliphatic rings. The Balaban J connectivity index is 1.23. The molecule has 1 saturated heterocycles. The minimum Gasteiger partial charge on any atom is -0.337 e.